The molecule has 2 aromatic rings. The van der Waals surface area contributed by atoms with Crippen molar-refractivity contribution in [2.45, 2.75) is 32.1 Å². The molecule has 0 amide bonds. The smallest absolute Gasteiger partial charge is 0.0625 e. The lowest BCUT2D eigenvalue weighted by molar-refractivity contribution is 0.647. The number of hydrogen-bond donors (Lipinski definition) is 0. The number of alkyl halides is 1. The molecule has 2 aromatic carbocycles. The van der Waals surface area contributed by atoms with Crippen LogP contribution >= 0.6 is 23.2 Å². The second-order valence-corrected chi connectivity index (χ2v) is 6.60. The van der Waals surface area contributed by atoms with Crippen LogP contribution in [0.25, 0.3) is 0 Å². The van der Waals surface area contributed by atoms with Gasteiger partial charge in [-0.25, -0.2) is 0 Å². The largest absolute Gasteiger partial charge is 0.117 e. The van der Waals surface area contributed by atoms with Gasteiger partial charge in [0.15, 0.2) is 0 Å². The molecular weight excluding hydrogens is 287 g/mol. The summed E-state index contributed by atoms with van der Waals surface area (Å²) >= 11 is 12.4. The Morgan fingerprint density at radius 1 is 0.800 bits per heavy atom. The fraction of sp³-hybridized carbons (Fsp3) is 0.333. The summed E-state index contributed by atoms with van der Waals surface area (Å²) in [7, 11) is 0. The van der Waals surface area contributed by atoms with E-state index in [1.165, 1.54) is 16.7 Å². The molecule has 106 valence electrons. The van der Waals surface area contributed by atoms with Crippen LogP contribution in [0.4, 0.5) is 0 Å². The molecule has 1 atom stereocenters. The molecule has 0 radical (unpaired) electrons. The van der Waals surface area contributed by atoms with E-state index in [0.29, 0.717) is 5.92 Å². The molecule has 0 saturated heterocycles. The van der Waals surface area contributed by atoms with Crippen LogP contribution in [-0.2, 0) is 12.8 Å². The highest BCUT2D eigenvalue weighted by Crippen LogP contribution is 2.26. The Labute approximate surface area is 131 Å². The van der Waals surface area contributed by atoms with Gasteiger partial charge >= 0.3 is 0 Å². The molecule has 0 spiro atoms. The summed E-state index contributed by atoms with van der Waals surface area (Å²) in [6.45, 7) is 4.47. The lowest BCUT2D eigenvalue weighted by Gasteiger charge is -2.12. The Kier molecular flexibility index (Phi) is 5.51. The third-order valence-corrected chi connectivity index (χ3v) is 3.97. The van der Waals surface area contributed by atoms with Gasteiger partial charge in [-0.05, 0) is 47.6 Å². The minimum absolute atomic E-state index is 0.00396. The topological polar surface area (TPSA) is 0 Å². The van der Waals surface area contributed by atoms with Gasteiger partial charge in [0.1, 0.15) is 0 Å². The maximum Gasteiger partial charge on any atom is 0.0625 e. The zero-order chi connectivity index (χ0) is 14.5. The van der Waals surface area contributed by atoms with E-state index >= 15 is 0 Å². The fourth-order valence-electron chi connectivity index (χ4n) is 2.28. The second kappa shape index (κ2) is 7.15. The van der Waals surface area contributed by atoms with Crippen LogP contribution < -0.4 is 0 Å². The van der Waals surface area contributed by atoms with E-state index in [4.69, 9.17) is 23.2 Å². The summed E-state index contributed by atoms with van der Waals surface area (Å²) in [4.78, 5) is 0. The second-order valence-electron chi connectivity index (χ2n) is 5.64. The fourth-order valence-corrected chi connectivity index (χ4v) is 2.73. The monoisotopic (exact) mass is 306 g/mol. The SMILES string of the molecule is CC(C)Cc1ccc(C(Cl)Cc2ccc(Cl)cc2)cc1. The zero-order valence-corrected chi connectivity index (χ0v) is 13.5. The van der Waals surface area contributed by atoms with E-state index in [-0.39, 0.29) is 5.38 Å². The highest BCUT2D eigenvalue weighted by molar-refractivity contribution is 6.30. The van der Waals surface area contributed by atoms with Gasteiger partial charge in [0, 0.05) is 5.02 Å². The normalized spacial score (nSPS) is 12.7. The van der Waals surface area contributed by atoms with Crippen LogP contribution in [0.3, 0.4) is 0 Å². The molecule has 0 aliphatic carbocycles. The predicted molar refractivity (Wildman–Crippen MR) is 88.7 cm³/mol. The molecule has 1 unspecified atom stereocenters. The zero-order valence-electron chi connectivity index (χ0n) is 11.9. The average Bonchev–Trinajstić information content (AvgIpc) is 2.41. The first-order valence-electron chi connectivity index (χ1n) is 7.02. The van der Waals surface area contributed by atoms with Gasteiger partial charge in [-0.15, -0.1) is 11.6 Å². The number of hydrogen-bond acceptors (Lipinski definition) is 0. The van der Waals surface area contributed by atoms with Crippen molar-refractivity contribution in [3.05, 3.63) is 70.2 Å². The first kappa shape index (κ1) is 15.4. The van der Waals surface area contributed by atoms with Crippen LogP contribution in [0.15, 0.2) is 48.5 Å². The summed E-state index contributed by atoms with van der Waals surface area (Å²) in [6, 6.07) is 16.5. The van der Waals surface area contributed by atoms with Gasteiger partial charge < -0.3 is 0 Å². The van der Waals surface area contributed by atoms with Crippen LogP contribution in [0.2, 0.25) is 5.02 Å². The van der Waals surface area contributed by atoms with E-state index in [1.807, 2.05) is 24.3 Å². The number of halogens is 2. The van der Waals surface area contributed by atoms with E-state index in [0.717, 1.165) is 17.9 Å². The van der Waals surface area contributed by atoms with E-state index in [9.17, 15) is 0 Å². The molecule has 0 saturated carbocycles. The summed E-state index contributed by atoms with van der Waals surface area (Å²) in [5.74, 6) is 0.682. The molecule has 0 N–H and O–H groups in total. The van der Waals surface area contributed by atoms with Crippen molar-refractivity contribution in [1.82, 2.24) is 0 Å². The highest BCUT2D eigenvalue weighted by atomic mass is 35.5. The molecule has 0 aromatic heterocycles. The van der Waals surface area contributed by atoms with E-state index in [1.54, 1.807) is 0 Å². The highest BCUT2D eigenvalue weighted by Gasteiger charge is 2.09. The van der Waals surface area contributed by atoms with Crippen molar-refractivity contribution in [1.29, 1.82) is 0 Å². The van der Waals surface area contributed by atoms with E-state index < -0.39 is 0 Å². The van der Waals surface area contributed by atoms with Crippen molar-refractivity contribution in [3.8, 4) is 0 Å². The van der Waals surface area contributed by atoms with Crippen LogP contribution in [0.1, 0.15) is 35.9 Å². The molecule has 0 fully saturated rings. The summed E-state index contributed by atoms with van der Waals surface area (Å²) in [5.41, 5.74) is 3.76. The molecule has 2 heteroatoms. The van der Waals surface area contributed by atoms with Gasteiger partial charge in [-0.3, -0.25) is 0 Å². The van der Waals surface area contributed by atoms with Crippen LogP contribution in [0.5, 0.6) is 0 Å². The van der Waals surface area contributed by atoms with Gasteiger partial charge in [0.05, 0.1) is 5.38 Å². The minimum atomic E-state index is 0.00396. The van der Waals surface area contributed by atoms with Crippen molar-refractivity contribution in [2.75, 3.05) is 0 Å². The predicted octanol–water partition coefficient (Wildman–Crippen LogP) is 6.06. The molecule has 0 aliphatic heterocycles. The quantitative estimate of drug-likeness (QED) is 0.589. The first-order chi connectivity index (χ1) is 9.54. The maximum atomic E-state index is 6.51. The molecular formula is C18H20Cl2. The summed E-state index contributed by atoms with van der Waals surface area (Å²) in [5, 5.41) is 0.766. The van der Waals surface area contributed by atoms with Crippen LogP contribution in [-0.4, -0.2) is 0 Å². The Hall–Kier alpha value is -0.980. The van der Waals surface area contributed by atoms with Gasteiger partial charge in [-0.2, -0.15) is 0 Å². The number of rotatable bonds is 5. The summed E-state index contributed by atoms with van der Waals surface area (Å²) < 4.78 is 0. The molecule has 20 heavy (non-hydrogen) atoms. The van der Waals surface area contributed by atoms with Gasteiger partial charge in [0.25, 0.3) is 0 Å². The van der Waals surface area contributed by atoms with Crippen LogP contribution in [0, 0.1) is 5.92 Å². The third kappa shape index (κ3) is 4.54. The Balaban J connectivity index is 2.01. The number of benzene rings is 2. The summed E-state index contributed by atoms with van der Waals surface area (Å²) in [6.07, 6.45) is 1.94. The van der Waals surface area contributed by atoms with E-state index in [2.05, 4.69) is 38.1 Å². The van der Waals surface area contributed by atoms with Crippen molar-refractivity contribution < 1.29 is 0 Å². The van der Waals surface area contributed by atoms with Gasteiger partial charge in [-0.1, -0.05) is 61.8 Å². The van der Waals surface area contributed by atoms with Crippen molar-refractivity contribution in [3.63, 3.8) is 0 Å². The van der Waals surface area contributed by atoms with Gasteiger partial charge in [0.2, 0.25) is 0 Å². The maximum absolute atomic E-state index is 6.51. The first-order valence-corrected chi connectivity index (χ1v) is 7.83. The lowest BCUT2D eigenvalue weighted by Crippen LogP contribution is -1.98. The average molecular weight is 307 g/mol. The molecule has 2 rings (SSSR count). The Bertz CT molecular complexity index is 526. The van der Waals surface area contributed by atoms with Crippen molar-refractivity contribution in [2.24, 2.45) is 5.92 Å². The third-order valence-electron chi connectivity index (χ3n) is 3.31. The minimum Gasteiger partial charge on any atom is -0.117 e. The molecule has 0 aliphatic rings. The molecule has 0 bridgehead atoms. The molecule has 0 heterocycles. The standard InChI is InChI=1S/C18H20Cl2/c1-13(2)11-14-3-7-16(8-4-14)18(20)12-15-5-9-17(19)10-6-15/h3-10,13,18H,11-12H2,1-2H3. The Morgan fingerprint density at radius 2 is 1.30 bits per heavy atom. The lowest BCUT2D eigenvalue weighted by atomic mass is 9.99. The molecule has 0 nitrogen and oxygen atoms in total. The Morgan fingerprint density at radius 3 is 1.85 bits per heavy atom. The van der Waals surface area contributed by atoms with Crippen molar-refractivity contribution >= 4 is 23.2 Å².